The summed E-state index contributed by atoms with van der Waals surface area (Å²) in [7, 11) is 0. The zero-order valence-corrected chi connectivity index (χ0v) is 10.6. The maximum atomic E-state index is 11.1. The monoisotopic (exact) mass is 242 g/mol. The van der Waals surface area contributed by atoms with Gasteiger partial charge in [0.1, 0.15) is 5.56 Å². The number of aromatic carboxylic acids is 1. The van der Waals surface area contributed by atoms with E-state index in [1.807, 2.05) is 31.2 Å². The number of nitrogens with zero attached hydrogens (tertiary/aromatic N) is 2. The van der Waals surface area contributed by atoms with Crippen molar-refractivity contribution in [3.8, 4) is 11.4 Å². The first-order chi connectivity index (χ1) is 8.50. The van der Waals surface area contributed by atoms with Gasteiger partial charge in [0.25, 0.3) is 0 Å². The molecule has 0 unspecified atom stereocenters. The molecule has 0 fully saturated rings. The number of carbonyl (C=O) groups is 1. The van der Waals surface area contributed by atoms with Crippen LogP contribution in [0.1, 0.15) is 27.3 Å². The summed E-state index contributed by atoms with van der Waals surface area (Å²) in [5, 5.41) is 9.08. The van der Waals surface area contributed by atoms with Gasteiger partial charge in [-0.25, -0.2) is 14.8 Å². The van der Waals surface area contributed by atoms with E-state index in [9.17, 15) is 4.79 Å². The van der Waals surface area contributed by atoms with E-state index < -0.39 is 5.97 Å². The Kier molecular flexibility index (Phi) is 3.10. The molecule has 0 aliphatic heterocycles. The van der Waals surface area contributed by atoms with Gasteiger partial charge >= 0.3 is 5.97 Å². The number of benzene rings is 1. The third-order valence-electron chi connectivity index (χ3n) is 2.87. The summed E-state index contributed by atoms with van der Waals surface area (Å²) >= 11 is 0. The lowest BCUT2D eigenvalue weighted by Crippen LogP contribution is -2.08. The fourth-order valence-electron chi connectivity index (χ4n) is 1.97. The zero-order chi connectivity index (χ0) is 13.3. The molecule has 92 valence electrons. The summed E-state index contributed by atoms with van der Waals surface area (Å²) < 4.78 is 0. The topological polar surface area (TPSA) is 63.1 Å². The van der Waals surface area contributed by atoms with Gasteiger partial charge in [-0.05, 0) is 26.3 Å². The second-order valence-electron chi connectivity index (χ2n) is 4.21. The molecule has 0 saturated carbocycles. The van der Waals surface area contributed by atoms with Crippen LogP contribution in [0.5, 0.6) is 0 Å². The lowest BCUT2D eigenvalue weighted by molar-refractivity contribution is 0.0694. The van der Waals surface area contributed by atoms with Gasteiger partial charge in [-0.2, -0.15) is 0 Å². The van der Waals surface area contributed by atoms with E-state index in [-0.39, 0.29) is 5.56 Å². The lowest BCUT2D eigenvalue weighted by atomic mass is 10.1. The Balaban J connectivity index is 2.62. The quantitative estimate of drug-likeness (QED) is 0.879. The molecule has 1 heterocycles. The molecular formula is C14H14N2O2. The number of carboxylic acid groups (broad SMARTS) is 1. The molecule has 0 amide bonds. The van der Waals surface area contributed by atoms with Crippen molar-refractivity contribution in [3.05, 3.63) is 46.8 Å². The number of carboxylic acids is 1. The second-order valence-corrected chi connectivity index (χ2v) is 4.21. The van der Waals surface area contributed by atoms with Gasteiger partial charge in [0.2, 0.25) is 0 Å². The van der Waals surface area contributed by atoms with Gasteiger partial charge in [-0.1, -0.05) is 24.3 Å². The molecular weight excluding hydrogens is 228 g/mol. The molecule has 4 heteroatoms. The van der Waals surface area contributed by atoms with E-state index in [1.165, 1.54) is 0 Å². The fraction of sp³-hybridized carbons (Fsp3) is 0.214. The largest absolute Gasteiger partial charge is 0.478 e. The fourth-order valence-corrected chi connectivity index (χ4v) is 1.97. The van der Waals surface area contributed by atoms with Gasteiger partial charge in [0.05, 0.1) is 11.4 Å². The molecule has 2 rings (SSSR count). The van der Waals surface area contributed by atoms with Crippen molar-refractivity contribution in [2.75, 3.05) is 0 Å². The predicted octanol–water partition coefficient (Wildman–Crippen LogP) is 2.77. The second kappa shape index (κ2) is 4.56. The van der Waals surface area contributed by atoms with Crippen molar-refractivity contribution >= 4 is 5.97 Å². The van der Waals surface area contributed by atoms with Crippen molar-refractivity contribution in [2.45, 2.75) is 20.8 Å². The van der Waals surface area contributed by atoms with E-state index in [2.05, 4.69) is 9.97 Å². The molecule has 1 aromatic heterocycles. The third-order valence-corrected chi connectivity index (χ3v) is 2.87. The highest BCUT2D eigenvalue weighted by molar-refractivity contribution is 5.90. The molecule has 1 aromatic carbocycles. The Morgan fingerprint density at radius 3 is 2.11 bits per heavy atom. The SMILES string of the molecule is Cc1ccccc1-c1nc(C)c(C(=O)O)c(C)n1. The number of aromatic nitrogens is 2. The Morgan fingerprint density at radius 2 is 1.61 bits per heavy atom. The third kappa shape index (κ3) is 2.09. The molecule has 18 heavy (non-hydrogen) atoms. The summed E-state index contributed by atoms with van der Waals surface area (Å²) in [6.45, 7) is 5.37. The first kappa shape index (κ1) is 12.2. The Hall–Kier alpha value is -2.23. The molecule has 1 N–H and O–H groups in total. The molecule has 2 aromatic rings. The minimum Gasteiger partial charge on any atom is -0.478 e. The molecule has 0 radical (unpaired) electrons. The summed E-state index contributed by atoms with van der Waals surface area (Å²) in [5.74, 6) is -0.408. The average molecular weight is 242 g/mol. The molecule has 0 bridgehead atoms. The average Bonchev–Trinajstić information content (AvgIpc) is 2.27. The standard InChI is InChI=1S/C14H14N2O2/c1-8-6-4-5-7-11(8)13-15-9(2)12(14(17)18)10(3)16-13/h4-7H,1-3H3,(H,17,18). The highest BCUT2D eigenvalue weighted by Crippen LogP contribution is 2.21. The van der Waals surface area contributed by atoms with Crippen molar-refractivity contribution in [1.29, 1.82) is 0 Å². The van der Waals surface area contributed by atoms with E-state index in [0.29, 0.717) is 17.2 Å². The van der Waals surface area contributed by atoms with Crippen LogP contribution in [0.4, 0.5) is 0 Å². The minimum absolute atomic E-state index is 0.187. The normalized spacial score (nSPS) is 10.4. The summed E-state index contributed by atoms with van der Waals surface area (Å²) in [6.07, 6.45) is 0. The molecule has 4 nitrogen and oxygen atoms in total. The van der Waals surface area contributed by atoms with Crippen LogP contribution in [-0.2, 0) is 0 Å². The smallest absolute Gasteiger partial charge is 0.339 e. The van der Waals surface area contributed by atoms with Gasteiger partial charge in [-0.15, -0.1) is 0 Å². The summed E-state index contributed by atoms with van der Waals surface area (Å²) in [4.78, 5) is 19.7. The van der Waals surface area contributed by atoms with E-state index >= 15 is 0 Å². The van der Waals surface area contributed by atoms with E-state index in [1.54, 1.807) is 13.8 Å². The number of hydrogen-bond acceptors (Lipinski definition) is 3. The molecule has 0 atom stereocenters. The van der Waals surface area contributed by atoms with Crippen LogP contribution in [0.2, 0.25) is 0 Å². The molecule has 0 aliphatic carbocycles. The maximum Gasteiger partial charge on any atom is 0.339 e. The van der Waals surface area contributed by atoms with Gasteiger partial charge < -0.3 is 5.11 Å². The van der Waals surface area contributed by atoms with Crippen molar-refractivity contribution in [3.63, 3.8) is 0 Å². The predicted molar refractivity (Wildman–Crippen MR) is 68.6 cm³/mol. The van der Waals surface area contributed by atoms with E-state index in [0.717, 1.165) is 11.1 Å². The maximum absolute atomic E-state index is 11.1. The van der Waals surface area contributed by atoms with Crippen LogP contribution >= 0.6 is 0 Å². The van der Waals surface area contributed by atoms with Crippen LogP contribution in [0.3, 0.4) is 0 Å². The highest BCUT2D eigenvalue weighted by atomic mass is 16.4. The molecule has 0 aliphatic rings. The first-order valence-electron chi connectivity index (χ1n) is 5.65. The van der Waals surface area contributed by atoms with Crippen molar-refractivity contribution in [1.82, 2.24) is 9.97 Å². The zero-order valence-electron chi connectivity index (χ0n) is 10.6. The van der Waals surface area contributed by atoms with Crippen molar-refractivity contribution < 1.29 is 9.90 Å². The Morgan fingerprint density at radius 1 is 1.06 bits per heavy atom. The number of aryl methyl sites for hydroxylation is 3. The Labute approximate surface area is 105 Å². The van der Waals surface area contributed by atoms with Gasteiger partial charge in [0.15, 0.2) is 5.82 Å². The van der Waals surface area contributed by atoms with Crippen LogP contribution in [0.25, 0.3) is 11.4 Å². The molecule has 0 saturated heterocycles. The summed E-state index contributed by atoms with van der Waals surface area (Å²) in [5.41, 5.74) is 3.17. The number of hydrogen-bond donors (Lipinski definition) is 1. The van der Waals surface area contributed by atoms with Crippen LogP contribution < -0.4 is 0 Å². The van der Waals surface area contributed by atoms with Crippen LogP contribution in [0.15, 0.2) is 24.3 Å². The molecule has 0 spiro atoms. The first-order valence-corrected chi connectivity index (χ1v) is 5.65. The van der Waals surface area contributed by atoms with Crippen molar-refractivity contribution in [2.24, 2.45) is 0 Å². The lowest BCUT2D eigenvalue weighted by Gasteiger charge is -2.09. The van der Waals surface area contributed by atoms with E-state index in [4.69, 9.17) is 5.11 Å². The minimum atomic E-state index is -0.985. The van der Waals surface area contributed by atoms with Gasteiger partial charge in [-0.3, -0.25) is 0 Å². The number of rotatable bonds is 2. The highest BCUT2D eigenvalue weighted by Gasteiger charge is 2.16. The van der Waals surface area contributed by atoms with Gasteiger partial charge in [0, 0.05) is 5.56 Å². The summed E-state index contributed by atoms with van der Waals surface area (Å²) in [6, 6.07) is 7.78. The van der Waals surface area contributed by atoms with Crippen LogP contribution in [-0.4, -0.2) is 21.0 Å². The van der Waals surface area contributed by atoms with Crippen LogP contribution in [0, 0.1) is 20.8 Å². The Bertz CT molecular complexity index is 598.